The van der Waals surface area contributed by atoms with E-state index in [0.29, 0.717) is 24.2 Å². The van der Waals surface area contributed by atoms with Crippen molar-refractivity contribution in [2.45, 2.75) is 90.1 Å². The van der Waals surface area contributed by atoms with Crippen molar-refractivity contribution in [2.24, 2.45) is 23.7 Å². The summed E-state index contributed by atoms with van der Waals surface area (Å²) < 4.78 is 14.5. The number of aliphatic hydroxyl groups excluding tert-OH is 1. The standard InChI is InChI=1S/C19H35FO/c1-2-3-4-5-15-6-9-17(10-7-15)18-11-8-16(12-13-21)14-19(18)20/h15-19,21H,2-14H2,1H3. The maximum absolute atomic E-state index is 14.5. The first-order valence-electron chi connectivity index (χ1n) is 9.49. The Bertz CT molecular complexity index is 273. The third-order valence-electron chi connectivity index (χ3n) is 6.18. The Morgan fingerprint density at radius 2 is 1.62 bits per heavy atom. The van der Waals surface area contributed by atoms with Crippen molar-refractivity contribution in [3.63, 3.8) is 0 Å². The van der Waals surface area contributed by atoms with Gasteiger partial charge in [0.1, 0.15) is 6.17 Å². The minimum absolute atomic E-state index is 0.227. The summed E-state index contributed by atoms with van der Waals surface area (Å²) in [6, 6.07) is 0. The Morgan fingerprint density at radius 1 is 0.905 bits per heavy atom. The van der Waals surface area contributed by atoms with E-state index < -0.39 is 6.17 Å². The summed E-state index contributed by atoms with van der Waals surface area (Å²) in [4.78, 5) is 0. The van der Waals surface area contributed by atoms with Gasteiger partial charge in [-0.25, -0.2) is 4.39 Å². The van der Waals surface area contributed by atoms with Crippen LogP contribution in [0, 0.1) is 23.7 Å². The maximum Gasteiger partial charge on any atom is 0.103 e. The zero-order chi connectivity index (χ0) is 15.1. The first-order chi connectivity index (χ1) is 10.2. The zero-order valence-electron chi connectivity index (χ0n) is 13.9. The van der Waals surface area contributed by atoms with Gasteiger partial charge in [0.2, 0.25) is 0 Å². The lowest BCUT2D eigenvalue weighted by Crippen LogP contribution is -2.34. The molecular weight excluding hydrogens is 263 g/mol. The van der Waals surface area contributed by atoms with Crippen LogP contribution >= 0.6 is 0 Å². The Labute approximate surface area is 130 Å². The van der Waals surface area contributed by atoms with Crippen LogP contribution in [0.25, 0.3) is 0 Å². The van der Waals surface area contributed by atoms with E-state index in [1.54, 1.807) is 0 Å². The van der Waals surface area contributed by atoms with E-state index in [2.05, 4.69) is 6.92 Å². The Hall–Kier alpha value is -0.110. The fraction of sp³-hybridized carbons (Fsp3) is 1.00. The van der Waals surface area contributed by atoms with Gasteiger partial charge in [-0.05, 0) is 62.2 Å². The predicted octanol–water partition coefficient (Wildman–Crippen LogP) is 5.51. The second-order valence-electron chi connectivity index (χ2n) is 7.65. The normalized spacial score (nSPS) is 37.6. The number of aliphatic hydroxyl groups is 1. The molecule has 0 heterocycles. The molecule has 3 atom stereocenters. The number of halogens is 1. The molecule has 1 nitrogen and oxygen atoms in total. The average molecular weight is 298 g/mol. The lowest BCUT2D eigenvalue weighted by molar-refractivity contribution is 0.0515. The summed E-state index contributed by atoms with van der Waals surface area (Å²) in [6.45, 7) is 2.50. The molecule has 124 valence electrons. The highest BCUT2D eigenvalue weighted by Gasteiger charge is 2.36. The molecular formula is C19H35FO. The van der Waals surface area contributed by atoms with Gasteiger partial charge in [-0.2, -0.15) is 0 Å². The third kappa shape index (κ3) is 5.23. The lowest BCUT2D eigenvalue weighted by Gasteiger charge is -2.39. The van der Waals surface area contributed by atoms with Crippen LogP contribution in [0.3, 0.4) is 0 Å². The van der Waals surface area contributed by atoms with Gasteiger partial charge in [-0.15, -0.1) is 0 Å². The van der Waals surface area contributed by atoms with E-state index in [9.17, 15) is 4.39 Å². The van der Waals surface area contributed by atoms with Crippen LogP contribution in [0.15, 0.2) is 0 Å². The summed E-state index contributed by atoms with van der Waals surface area (Å²) >= 11 is 0. The molecule has 0 aromatic rings. The molecule has 0 bridgehead atoms. The maximum atomic E-state index is 14.5. The molecule has 2 heteroatoms. The summed E-state index contributed by atoms with van der Waals surface area (Å²) in [5.41, 5.74) is 0. The zero-order valence-corrected chi connectivity index (χ0v) is 13.9. The Balaban J connectivity index is 1.70. The Morgan fingerprint density at radius 3 is 2.24 bits per heavy atom. The van der Waals surface area contributed by atoms with Crippen LogP contribution in [0.5, 0.6) is 0 Å². The Kier molecular flexibility index (Phi) is 7.49. The quantitative estimate of drug-likeness (QED) is 0.614. The third-order valence-corrected chi connectivity index (χ3v) is 6.18. The minimum atomic E-state index is -0.600. The molecule has 0 saturated heterocycles. The van der Waals surface area contributed by atoms with Crippen molar-refractivity contribution in [1.82, 2.24) is 0 Å². The second-order valence-corrected chi connectivity index (χ2v) is 7.65. The first kappa shape index (κ1) is 17.2. The van der Waals surface area contributed by atoms with E-state index in [-0.39, 0.29) is 6.61 Å². The highest BCUT2D eigenvalue weighted by atomic mass is 19.1. The highest BCUT2D eigenvalue weighted by molar-refractivity contribution is 4.87. The number of hydrogen-bond donors (Lipinski definition) is 1. The fourth-order valence-electron chi connectivity index (χ4n) is 4.78. The van der Waals surface area contributed by atoms with Gasteiger partial charge >= 0.3 is 0 Å². The molecule has 0 amide bonds. The summed E-state index contributed by atoms with van der Waals surface area (Å²) in [6.07, 6.45) is 13.8. The summed E-state index contributed by atoms with van der Waals surface area (Å²) in [5.74, 6) is 2.34. The molecule has 1 N–H and O–H groups in total. The van der Waals surface area contributed by atoms with Crippen molar-refractivity contribution >= 4 is 0 Å². The van der Waals surface area contributed by atoms with Crippen molar-refractivity contribution in [3.05, 3.63) is 0 Å². The van der Waals surface area contributed by atoms with Gasteiger partial charge in [0, 0.05) is 6.61 Å². The monoisotopic (exact) mass is 298 g/mol. The molecule has 3 unspecified atom stereocenters. The van der Waals surface area contributed by atoms with Gasteiger partial charge < -0.3 is 5.11 Å². The number of unbranched alkanes of at least 4 members (excludes halogenated alkanes) is 2. The molecule has 2 fully saturated rings. The van der Waals surface area contributed by atoms with Gasteiger partial charge in [-0.1, -0.05) is 45.4 Å². The molecule has 0 radical (unpaired) electrons. The molecule has 0 aromatic carbocycles. The highest BCUT2D eigenvalue weighted by Crippen LogP contribution is 2.44. The molecule has 2 saturated carbocycles. The van der Waals surface area contributed by atoms with Crippen molar-refractivity contribution in [1.29, 1.82) is 0 Å². The van der Waals surface area contributed by atoms with Gasteiger partial charge in [0.25, 0.3) is 0 Å². The van der Waals surface area contributed by atoms with Gasteiger partial charge in [0.05, 0.1) is 0 Å². The van der Waals surface area contributed by atoms with Crippen LogP contribution in [0.4, 0.5) is 4.39 Å². The molecule has 21 heavy (non-hydrogen) atoms. The van der Waals surface area contributed by atoms with E-state index in [4.69, 9.17) is 5.11 Å². The van der Waals surface area contributed by atoms with E-state index in [1.165, 1.54) is 51.4 Å². The smallest absolute Gasteiger partial charge is 0.103 e. The van der Waals surface area contributed by atoms with Gasteiger partial charge in [0.15, 0.2) is 0 Å². The van der Waals surface area contributed by atoms with Crippen LogP contribution in [0.2, 0.25) is 0 Å². The van der Waals surface area contributed by atoms with Gasteiger partial charge in [-0.3, -0.25) is 0 Å². The molecule has 2 rings (SSSR count). The first-order valence-corrected chi connectivity index (χ1v) is 9.49. The SMILES string of the molecule is CCCCCC1CCC(C2CCC(CCO)CC2F)CC1. The number of rotatable bonds is 7. The largest absolute Gasteiger partial charge is 0.396 e. The summed E-state index contributed by atoms with van der Waals surface area (Å²) in [5, 5.41) is 9.01. The average Bonchev–Trinajstić information content (AvgIpc) is 2.49. The fourth-order valence-corrected chi connectivity index (χ4v) is 4.78. The second kappa shape index (κ2) is 9.12. The topological polar surface area (TPSA) is 20.2 Å². The molecule has 2 aliphatic rings. The van der Waals surface area contributed by atoms with Crippen LogP contribution in [-0.4, -0.2) is 17.9 Å². The molecule has 2 aliphatic carbocycles. The lowest BCUT2D eigenvalue weighted by atomic mass is 9.67. The van der Waals surface area contributed by atoms with Crippen molar-refractivity contribution < 1.29 is 9.50 Å². The molecule has 0 aromatic heterocycles. The summed E-state index contributed by atoms with van der Waals surface area (Å²) in [7, 11) is 0. The molecule has 0 aliphatic heterocycles. The number of alkyl halides is 1. The van der Waals surface area contributed by atoms with E-state index in [1.807, 2.05) is 0 Å². The number of hydrogen-bond acceptors (Lipinski definition) is 1. The van der Waals surface area contributed by atoms with Crippen LogP contribution in [0.1, 0.15) is 84.0 Å². The minimum Gasteiger partial charge on any atom is -0.396 e. The van der Waals surface area contributed by atoms with E-state index >= 15 is 0 Å². The molecule has 0 spiro atoms. The van der Waals surface area contributed by atoms with E-state index in [0.717, 1.165) is 25.2 Å². The van der Waals surface area contributed by atoms with Crippen molar-refractivity contribution in [2.75, 3.05) is 6.61 Å². The van der Waals surface area contributed by atoms with Crippen molar-refractivity contribution in [3.8, 4) is 0 Å². The predicted molar refractivity (Wildman–Crippen MR) is 87.0 cm³/mol. The van der Waals surface area contributed by atoms with Crippen LogP contribution < -0.4 is 0 Å². The van der Waals surface area contributed by atoms with Crippen LogP contribution in [-0.2, 0) is 0 Å².